The number of hydrogen-bond donors (Lipinski definition) is 1. The van der Waals surface area contributed by atoms with Gasteiger partial charge < -0.3 is 14.6 Å². The largest absolute Gasteiger partial charge is 0.507 e. The highest BCUT2D eigenvalue weighted by Gasteiger charge is 2.01. The minimum absolute atomic E-state index is 0.0911. The molecule has 0 atom stereocenters. The van der Waals surface area contributed by atoms with Crippen LogP contribution in [0.3, 0.4) is 0 Å². The van der Waals surface area contributed by atoms with Crippen LogP contribution in [-0.4, -0.2) is 24.8 Å². The third kappa shape index (κ3) is 4.49. The number of rotatable bonds is 6. The molecule has 1 aromatic carbocycles. The van der Waals surface area contributed by atoms with Crippen LogP contribution in [0.25, 0.3) is 6.08 Å². The molecule has 4 nitrogen and oxygen atoms in total. The lowest BCUT2D eigenvalue weighted by Crippen LogP contribution is -2.01. The number of carbonyl (C=O) groups is 1. The number of unbranched alkanes of at least 4 members (excludes halogenated alkanes) is 1. The van der Waals surface area contributed by atoms with E-state index in [4.69, 9.17) is 9.47 Å². The maximum absolute atomic E-state index is 11.3. The van der Waals surface area contributed by atoms with Crippen LogP contribution in [0.5, 0.6) is 11.5 Å². The Morgan fingerprint density at radius 3 is 2.89 bits per heavy atom. The van der Waals surface area contributed by atoms with E-state index in [2.05, 4.69) is 0 Å². The third-order valence-corrected chi connectivity index (χ3v) is 2.38. The molecular formula is C14H18O4. The van der Waals surface area contributed by atoms with Crippen LogP contribution in [-0.2, 0) is 9.53 Å². The number of benzene rings is 1. The molecule has 0 heterocycles. The fraction of sp³-hybridized carbons (Fsp3) is 0.357. The number of carbonyl (C=O) groups excluding carboxylic acids is 1. The van der Waals surface area contributed by atoms with E-state index in [-0.39, 0.29) is 5.75 Å². The summed E-state index contributed by atoms with van der Waals surface area (Å²) in [6.07, 6.45) is 4.63. The van der Waals surface area contributed by atoms with Gasteiger partial charge in [0, 0.05) is 11.6 Å². The lowest BCUT2D eigenvalue weighted by Gasteiger charge is -2.03. The molecule has 0 aliphatic rings. The van der Waals surface area contributed by atoms with Gasteiger partial charge in [-0.25, -0.2) is 4.79 Å². The van der Waals surface area contributed by atoms with Crippen molar-refractivity contribution in [3.8, 4) is 11.5 Å². The van der Waals surface area contributed by atoms with Crippen LogP contribution in [0.4, 0.5) is 0 Å². The Morgan fingerprint density at radius 2 is 2.22 bits per heavy atom. The second kappa shape index (κ2) is 7.37. The van der Waals surface area contributed by atoms with Crippen LogP contribution in [0.15, 0.2) is 24.3 Å². The number of phenolic OH excluding ortho intramolecular Hbond substituents is 1. The van der Waals surface area contributed by atoms with Gasteiger partial charge in [-0.3, -0.25) is 0 Å². The van der Waals surface area contributed by atoms with Gasteiger partial charge in [0.1, 0.15) is 11.5 Å². The second-order valence-corrected chi connectivity index (χ2v) is 3.78. The first-order valence-electron chi connectivity index (χ1n) is 5.89. The molecule has 0 saturated carbocycles. The molecule has 0 saturated heterocycles. The molecule has 4 heteroatoms. The van der Waals surface area contributed by atoms with E-state index in [0.29, 0.717) is 17.9 Å². The molecule has 0 aromatic heterocycles. The van der Waals surface area contributed by atoms with Crippen molar-refractivity contribution in [2.24, 2.45) is 0 Å². The van der Waals surface area contributed by atoms with Gasteiger partial charge in [-0.2, -0.15) is 0 Å². The summed E-state index contributed by atoms with van der Waals surface area (Å²) in [5.74, 6) is 0.297. The second-order valence-electron chi connectivity index (χ2n) is 3.78. The summed E-state index contributed by atoms with van der Waals surface area (Å²) >= 11 is 0. The normalized spacial score (nSPS) is 10.6. The van der Waals surface area contributed by atoms with Gasteiger partial charge in [0.25, 0.3) is 0 Å². The summed E-state index contributed by atoms with van der Waals surface area (Å²) in [5.41, 5.74) is 0.516. The lowest BCUT2D eigenvalue weighted by molar-refractivity contribution is -0.137. The number of methoxy groups -OCH3 is 1. The smallest absolute Gasteiger partial charge is 0.330 e. The van der Waals surface area contributed by atoms with Crippen molar-refractivity contribution in [2.45, 2.75) is 19.8 Å². The van der Waals surface area contributed by atoms with E-state index in [1.54, 1.807) is 19.2 Å². The number of phenols is 1. The summed E-state index contributed by atoms with van der Waals surface area (Å²) in [6.45, 7) is 2.45. The van der Waals surface area contributed by atoms with Gasteiger partial charge in [0.15, 0.2) is 0 Å². The van der Waals surface area contributed by atoms with Crippen molar-refractivity contribution >= 4 is 12.0 Å². The van der Waals surface area contributed by atoms with Gasteiger partial charge in [-0.15, -0.1) is 0 Å². The maximum atomic E-state index is 11.3. The van der Waals surface area contributed by atoms with Gasteiger partial charge in [0.2, 0.25) is 0 Å². The van der Waals surface area contributed by atoms with Crippen LogP contribution >= 0.6 is 0 Å². The molecule has 0 aliphatic carbocycles. The Kier molecular flexibility index (Phi) is 5.77. The van der Waals surface area contributed by atoms with Crippen LogP contribution < -0.4 is 4.74 Å². The van der Waals surface area contributed by atoms with E-state index in [0.717, 1.165) is 12.8 Å². The Hall–Kier alpha value is -1.97. The van der Waals surface area contributed by atoms with Crippen molar-refractivity contribution in [1.29, 1.82) is 0 Å². The standard InChI is InChI=1S/C14H18O4/c1-3-4-9-18-14(16)8-5-11-10-12(17-2)6-7-13(11)15/h5-8,10,15H,3-4,9H2,1-2H3/b8-5+. The number of ether oxygens (including phenoxy) is 2. The van der Waals surface area contributed by atoms with Crippen LogP contribution in [0, 0.1) is 0 Å². The average Bonchev–Trinajstić information content (AvgIpc) is 2.38. The molecule has 0 spiro atoms. The summed E-state index contributed by atoms with van der Waals surface area (Å²) in [4.78, 5) is 11.3. The maximum Gasteiger partial charge on any atom is 0.330 e. The summed E-state index contributed by atoms with van der Waals surface area (Å²) in [6, 6.07) is 4.80. The molecule has 1 aromatic rings. The summed E-state index contributed by atoms with van der Waals surface area (Å²) in [5, 5.41) is 9.60. The molecule has 0 fully saturated rings. The Bertz CT molecular complexity index is 424. The highest BCUT2D eigenvalue weighted by molar-refractivity contribution is 5.87. The quantitative estimate of drug-likeness (QED) is 0.479. The molecule has 0 amide bonds. The fourth-order valence-corrected chi connectivity index (χ4v) is 1.32. The minimum atomic E-state index is -0.411. The molecular weight excluding hydrogens is 232 g/mol. The molecule has 1 N–H and O–H groups in total. The molecule has 0 aliphatic heterocycles. The number of esters is 1. The zero-order chi connectivity index (χ0) is 13.4. The molecule has 1 rings (SSSR count). The monoisotopic (exact) mass is 250 g/mol. The fourth-order valence-electron chi connectivity index (χ4n) is 1.32. The topological polar surface area (TPSA) is 55.8 Å². The van der Waals surface area contributed by atoms with Crippen LogP contribution in [0.2, 0.25) is 0 Å². The van der Waals surface area contributed by atoms with E-state index in [1.807, 2.05) is 6.92 Å². The van der Waals surface area contributed by atoms with Crippen LogP contribution in [0.1, 0.15) is 25.3 Å². The first kappa shape index (κ1) is 14.1. The SMILES string of the molecule is CCCCOC(=O)/C=C/c1cc(OC)ccc1O. The minimum Gasteiger partial charge on any atom is -0.507 e. The van der Waals surface area contributed by atoms with E-state index in [9.17, 15) is 9.90 Å². The summed E-state index contributed by atoms with van der Waals surface area (Å²) in [7, 11) is 1.54. The van der Waals surface area contributed by atoms with Gasteiger partial charge in [-0.1, -0.05) is 13.3 Å². The van der Waals surface area contributed by atoms with Crippen molar-refractivity contribution in [2.75, 3.05) is 13.7 Å². The van der Waals surface area contributed by atoms with E-state index < -0.39 is 5.97 Å². The van der Waals surface area contributed by atoms with Gasteiger partial charge >= 0.3 is 5.97 Å². The highest BCUT2D eigenvalue weighted by atomic mass is 16.5. The Labute approximate surface area is 107 Å². The predicted octanol–water partition coefficient (Wildman–Crippen LogP) is 2.76. The zero-order valence-corrected chi connectivity index (χ0v) is 10.7. The Morgan fingerprint density at radius 1 is 1.44 bits per heavy atom. The van der Waals surface area contributed by atoms with Gasteiger partial charge in [0.05, 0.1) is 13.7 Å². The molecule has 0 unspecified atom stereocenters. The van der Waals surface area contributed by atoms with E-state index >= 15 is 0 Å². The molecule has 98 valence electrons. The number of aromatic hydroxyl groups is 1. The lowest BCUT2D eigenvalue weighted by atomic mass is 10.2. The van der Waals surface area contributed by atoms with Crippen molar-refractivity contribution in [3.63, 3.8) is 0 Å². The number of hydrogen-bond acceptors (Lipinski definition) is 4. The molecule has 0 bridgehead atoms. The molecule has 18 heavy (non-hydrogen) atoms. The van der Waals surface area contributed by atoms with Crippen molar-refractivity contribution in [1.82, 2.24) is 0 Å². The van der Waals surface area contributed by atoms with E-state index in [1.165, 1.54) is 18.2 Å². The van der Waals surface area contributed by atoms with Crippen molar-refractivity contribution in [3.05, 3.63) is 29.8 Å². The predicted molar refractivity (Wildman–Crippen MR) is 69.6 cm³/mol. The first-order valence-corrected chi connectivity index (χ1v) is 5.89. The molecule has 0 radical (unpaired) electrons. The average molecular weight is 250 g/mol. The zero-order valence-electron chi connectivity index (χ0n) is 10.7. The highest BCUT2D eigenvalue weighted by Crippen LogP contribution is 2.23. The third-order valence-electron chi connectivity index (χ3n) is 2.38. The van der Waals surface area contributed by atoms with Gasteiger partial charge in [-0.05, 0) is 30.7 Å². The summed E-state index contributed by atoms with van der Waals surface area (Å²) < 4.78 is 10.00. The Balaban J connectivity index is 2.62. The van der Waals surface area contributed by atoms with Crippen molar-refractivity contribution < 1.29 is 19.4 Å². The first-order chi connectivity index (χ1) is 8.67.